The summed E-state index contributed by atoms with van der Waals surface area (Å²) in [5.74, 6) is 0.724. The topological polar surface area (TPSA) is 26.3 Å². The second-order valence-electron chi connectivity index (χ2n) is 4.19. The fourth-order valence-corrected chi connectivity index (χ4v) is 3.18. The Kier molecular flexibility index (Phi) is 5.24. The van der Waals surface area contributed by atoms with Crippen molar-refractivity contribution < 1.29 is 9.53 Å². The summed E-state index contributed by atoms with van der Waals surface area (Å²) in [7, 11) is 1.60. The molecule has 0 saturated heterocycles. The van der Waals surface area contributed by atoms with Gasteiger partial charge in [-0.05, 0) is 51.8 Å². The molecule has 2 aromatic rings. The lowest BCUT2D eigenvalue weighted by molar-refractivity contribution is 0.0993. The van der Waals surface area contributed by atoms with E-state index in [2.05, 4.69) is 31.9 Å². The van der Waals surface area contributed by atoms with Crippen LogP contribution in [0.2, 0.25) is 5.02 Å². The Balaban J connectivity index is 2.21. The Morgan fingerprint density at radius 3 is 2.55 bits per heavy atom. The molecule has 2 aromatic carbocycles. The Morgan fingerprint density at radius 1 is 1.20 bits per heavy atom. The lowest BCUT2D eigenvalue weighted by atomic mass is 10.0. The average Bonchev–Trinajstić information content (AvgIpc) is 2.38. The van der Waals surface area contributed by atoms with E-state index in [9.17, 15) is 4.79 Å². The standard InChI is InChI=1S/C15H11Br2ClO2/c1-20-15-5-2-9(6-12(15)17)7-14(19)11-4-3-10(16)8-13(11)18/h2-6,8H,7H2,1H3. The fourth-order valence-electron chi connectivity index (χ4n) is 1.82. The summed E-state index contributed by atoms with van der Waals surface area (Å²) in [5.41, 5.74) is 1.43. The maximum absolute atomic E-state index is 12.3. The third-order valence-corrected chi connectivity index (χ3v) is 4.24. The van der Waals surface area contributed by atoms with Gasteiger partial charge in [0.15, 0.2) is 5.78 Å². The van der Waals surface area contributed by atoms with Crippen molar-refractivity contribution in [3.63, 3.8) is 0 Å². The molecule has 0 aliphatic carbocycles. The van der Waals surface area contributed by atoms with Gasteiger partial charge in [-0.1, -0.05) is 33.6 Å². The third kappa shape index (κ3) is 3.62. The van der Waals surface area contributed by atoms with E-state index in [1.807, 2.05) is 24.3 Å². The summed E-state index contributed by atoms with van der Waals surface area (Å²) in [6, 6.07) is 10.8. The lowest BCUT2D eigenvalue weighted by Gasteiger charge is -2.07. The number of hydrogen-bond donors (Lipinski definition) is 0. The number of carbonyl (C=O) groups is 1. The first-order valence-electron chi connectivity index (χ1n) is 5.82. The summed E-state index contributed by atoms with van der Waals surface area (Å²) in [4.78, 5) is 12.3. The zero-order valence-electron chi connectivity index (χ0n) is 10.6. The summed E-state index contributed by atoms with van der Waals surface area (Å²) in [6.07, 6.45) is 0.296. The van der Waals surface area contributed by atoms with Gasteiger partial charge < -0.3 is 4.74 Å². The average molecular weight is 419 g/mol. The highest BCUT2D eigenvalue weighted by atomic mass is 79.9. The van der Waals surface area contributed by atoms with E-state index in [1.54, 1.807) is 19.2 Å². The van der Waals surface area contributed by atoms with Crippen molar-refractivity contribution in [2.45, 2.75) is 6.42 Å². The minimum atomic E-state index is -0.0143. The summed E-state index contributed by atoms with van der Waals surface area (Å²) in [5, 5.41) is 0.456. The number of ketones is 1. The van der Waals surface area contributed by atoms with E-state index in [0.717, 1.165) is 20.3 Å². The molecule has 0 aromatic heterocycles. The molecule has 20 heavy (non-hydrogen) atoms. The molecule has 0 unspecified atom stereocenters. The van der Waals surface area contributed by atoms with Gasteiger partial charge in [0.2, 0.25) is 0 Å². The van der Waals surface area contributed by atoms with E-state index < -0.39 is 0 Å². The molecular formula is C15H11Br2ClO2. The highest BCUT2D eigenvalue weighted by Gasteiger charge is 2.12. The summed E-state index contributed by atoms with van der Waals surface area (Å²) < 4.78 is 6.84. The van der Waals surface area contributed by atoms with Crippen molar-refractivity contribution in [1.82, 2.24) is 0 Å². The maximum atomic E-state index is 12.3. The van der Waals surface area contributed by atoms with Gasteiger partial charge in [0.1, 0.15) is 5.75 Å². The van der Waals surface area contributed by atoms with E-state index in [4.69, 9.17) is 16.3 Å². The van der Waals surface area contributed by atoms with E-state index in [1.165, 1.54) is 0 Å². The number of carbonyl (C=O) groups excluding carboxylic acids is 1. The van der Waals surface area contributed by atoms with Crippen LogP contribution >= 0.6 is 43.5 Å². The molecular weight excluding hydrogens is 407 g/mol. The van der Waals surface area contributed by atoms with Crippen molar-refractivity contribution in [2.75, 3.05) is 7.11 Å². The zero-order chi connectivity index (χ0) is 14.7. The van der Waals surface area contributed by atoms with Crippen LogP contribution < -0.4 is 4.74 Å². The van der Waals surface area contributed by atoms with E-state index in [0.29, 0.717) is 17.0 Å². The first kappa shape index (κ1) is 15.5. The monoisotopic (exact) mass is 416 g/mol. The molecule has 0 aliphatic rings. The van der Waals surface area contributed by atoms with Crippen molar-refractivity contribution in [3.8, 4) is 5.75 Å². The Labute approximate surface area is 139 Å². The van der Waals surface area contributed by atoms with Crippen LogP contribution in [0.4, 0.5) is 0 Å². The number of Topliss-reactive ketones (excluding diaryl/α,β-unsaturated/α-hetero) is 1. The predicted octanol–water partition coefficient (Wildman–Crippen LogP) is 5.30. The lowest BCUT2D eigenvalue weighted by Crippen LogP contribution is -2.04. The molecule has 0 fully saturated rings. The van der Waals surface area contributed by atoms with Gasteiger partial charge in [-0.2, -0.15) is 0 Å². The zero-order valence-corrected chi connectivity index (χ0v) is 14.5. The van der Waals surface area contributed by atoms with Crippen LogP contribution in [-0.4, -0.2) is 12.9 Å². The van der Waals surface area contributed by atoms with Gasteiger partial charge >= 0.3 is 0 Å². The van der Waals surface area contributed by atoms with Crippen molar-refractivity contribution in [2.24, 2.45) is 0 Å². The molecule has 5 heteroatoms. The van der Waals surface area contributed by atoms with Gasteiger partial charge in [0.05, 0.1) is 16.6 Å². The number of halogens is 3. The second-order valence-corrected chi connectivity index (χ2v) is 6.37. The quantitative estimate of drug-likeness (QED) is 0.630. The van der Waals surface area contributed by atoms with Crippen molar-refractivity contribution in [3.05, 3.63) is 61.5 Å². The molecule has 0 spiro atoms. The molecule has 0 aliphatic heterocycles. The van der Waals surface area contributed by atoms with Crippen LogP contribution in [0.15, 0.2) is 45.3 Å². The van der Waals surface area contributed by atoms with E-state index >= 15 is 0 Å². The molecule has 2 rings (SSSR count). The Morgan fingerprint density at radius 2 is 1.95 bits per heavy atom. The highest BCUT2D eigenvalue weighted by Crippen LogP contribution is 2.27. The van der Waals surface area contributed by atoms with Gasteiger partial charge in [0, 0.05) is 16.5 Å². The fraction of sp³-hybridized carbons (Fsp3) is 0.133. The minimum Gasteiger partial charge on any atom is -0.496 e. The number of hydrogen-bond acceptors (Lipinski definition) is 2. The molecule has 0 radical (unpaired) electrons. The molecule has 0 bridgehead atoms. The molecule has 2 nitrogen and oxygen atoms in total. The molecule has 0 heterocycles. The van der Waals surface area contributed by atoms with Crippen LogP contribution in [0.3, 0.4) is 0 Å². The maximum Gasteiger partial charge on any atom is 0.168 e. The second kappa shape index (κ2) is 6.74. The van der Waals surface area contributed by atoms with Crippen LogP contribution in [0.5, 0.6) is 5.75 Å². The third-order valence-electron chi connectivity index (χ3n) is 2.81. The van der Waals surface area contributed by atoms with Crippen molar-refractivity contribution in [1.29, 1.82) is 0 Å². The molecule has 0 amide bonds. The van der Waals surface area contributed by atoms with Crippen LogP contribution in [-0.2, 0) is 6.42 Å². The van der Waals surface area contributed by atoms with Gasteiger partial charge in [-0.15, -0.1) is 0 Å². The number of methoxy groups -OCH3 is 1. The molecule has 0 atom stereocenters. The Bertz CT molecular complexity index is 656. The summed E-state index contributed by atoms with van der Waals surface area (Å²) >= 11 is 12.8. The minimum absolute atomic E-state index is 0.0143. The van der Waals surface area contributed by atoms with Crippen molar-refractivity contribution >= 4 is 49.2 Å². The normalized spacial score (nSPS) is 10.4. The first-order chi connectivity index (χ1) is 9.51. The van der Waals surface area contributed by atoms with Crippen LogP contribution in [0, 0.1) is 0 Å². The largest absolute Gasteiger partial charge is 0.496 e. The van der Waals surface area contributed by atoms with Crippen LogP contribution in [0.25, 0.3) is 0 Å². The number of rotatable bonds is 4. The number of ether oxygens (including phenoxy) is 1. The van der Waals surface area contributed by atoms with Gasteiger partial charge in [0.25, 0.3) is 0 Å². The van der Waals surface area contributed by atoms with E-state index in [-0.39, 0.29) is 5.78 Å². The smallest absolute Gasteiger partial charge is 0.168 e. The SMILES string of the molecule is COc1ccc(CC(=O)c2ccc(Br)cc2Cl)cc1Br. The van der Waals surface area contributed by atoms with Crippen LogP contribution in [0.1, 0.15) is 15.9 Å². The molecule has 0 saturated carbocycles. The highest BCUT2D eigenvalue weighted by molar-refractivity contribution is 9.10. The summed E-state index contributed by atoms with van der Waals surface area (Å²) in [6.45, 7) is 0. The van der Waals surface area contributed by atoms with Gasteiger partial charge in [-0.3, -0.25) is 4.79 Å². The van der Waals surface area contributed by atoms with Gasteiger partial charge in [-0.25, -0.2) is 0 Å². The predicted molar refractivity (Wildman–Crippen MR) is 87.9 cm³/mol. The first-order valence-corrected chi connectivity index (χ1v) is 7.78. The molecule has 0 N–H and O–H groups in total. The Hall–Kier alpha value is -0.840. The number of benzene rings is 2. The molecule has 104 valence electrons.